The van der Waals surface area contributed by atoms with E-state index < -0.39 is 0 Å². The third kappa shape index (κ3) is 4.69. The number of hydrogen-bond acceptors (Lipinski definition) is 5. The largest absolute Gasteiger partial charge is 0.337 e. The molecule has 0 aliphatic carbocycles. The van der Waals surface area contributed by atoms with E-state index in [9.17, 15) is 4.79 Å². The van der Waals surface area contributed by atoms with Gasteiger partial charge in [0.05, 0.1) is 16.0 Å². The van der Waals surface area contributed by atoms with E-state index in [0.29, 0.717) is 22.3 Å². The van der Waals surface area contributed by atoms with Gasteiger partial charge in [0.15, 0.2) is 5.13 Å². The minimum absolute atomic E-state index is 0.0520. The molecule has 1 amide bonds. The van der Waals surface area contributed by atoms with Crippen molar-refractivity contribution < 1.29 is 4.79 Å². The van der Waals surface area contributed by atoms with Gasteiger partial charge in [-0.05, 0) is 48.6 Å². The maximum atomic E-state index is 13.4. The molecule has 0 saturated carbocycles. The van der Waals surface area contributed by atoms with Crippen molar-refractivity contribution in [2.45, 2.75) is 24.8 Å². The Morgan fingerprint density at radius 2 is 2.07 bits per heavy atom. The van der Waals surface area contributed by atoms with Crippen molar-refractivity contribution in [3.63, 3.8) is 0 Å². The van der Waals surface area contributed by atoms with Crippen molar-refractivity contribution in [3.8, 4) is 0 Å². The molecule has 0 saturated heterocycles. The van der Waals surface area contributed by atoms with Gasteiger partial charge in [0.1, 0.15) is 5.52 Å². The van der Waals surface area contributed by atoms with Crippen molar-refractivity contribution >= 4 is 56.0 Å². The van der Waals surface area contributed by atoms with Crippen LogP contribution in [0.5, 0.6) is 0 Å². The Morgan fingerprint density at radius 3 is 2.77 bits per heavy atom. The summed E-state index contributed by atoms with van der Waals surface area (Å²) in [6.07, 6.45) is 6.26. The highest BCUT2D eigenvalue weighted by Gasteiger charge is 2.21. The van der Waals surface area contributed by atoms with Crippen LogP contribution >= 0.6 is 34.7 Å². The maximum Gasteiger partial charge on any atom is 0.260 e. The molecule has 2 aromatic carbocycles. The Labute approximate surface area is 188 Å². The summed E-state index contributed by atoms with van der Waals surface area (Å²) in [5.41, 5.74) is 1.39. The molecule has 2 aromatic heterocycles. The second kappa shape index (κ2) is 9.64. The summed E-state index contributed by atoms with van der Waals surface area (Å²) < 4.78 is 2.98. The highest BCUT2D eigenvalue weighted by atomic mass is 35.5. The number of aryl methyl sites for hydroxylation is 1. The zero-order valence-electron chi connectivity index (χ0n) is 16.5. The molecular formula is C22H21ClN4OS2. The SMILES string of the molecule is CCSc1ccc(C(=O)N(CCCn2ccnc2)c2nc3c(Cl)cccc3s2)cc1. The minimum Gasteiger partial charge on any atom is -0.337 e. The first kappa shape index (κ1) is 20.9. The Balaban J connectivity index is 1.61. The van der Waals surface area contributed by atoms with E-state index in [1.54, 1.807) is 29.2 Å². The number of thiazole rings is 1. The topological polar surface area (TPSA) is 51.0 Å². The molecule has 4 aromatic rings. The van der Waals surface area contributed by atoms with Crippen molar-refractivity contribution in [1.82, 2.24) is 14.5 Å². The van der Waals surface area contributed by atoms with E-state index >= 15 is 0 Å². The molecule has 0 aliphatic rings. The van der Waals surface area contributed by atoms with Gasteiger partial charge in [-0.25, -0.2) is 9.97 Å². The molecule has 0 aliphatic heterocycles. The zero-order valence-corrected chi connectivity index (χ0v) is 18.9. The van der Waals surface area contributed by atoms with Crippen LogP contribution in [0.15, 0.2) is 66.1 Å². The normalized spacial score (nSPS) is 11.1. The smallest absolute Gasteiger partial charge is 0.260 e. The van der Waals surface area contributed by atoms with Crippen LogP contribution in [-0.4, -0.2) is 32.7 Å². The molecule has 2 heterocycles. The average molecular weight is 457 g/mol. The fourth-order valence-corrected chi connectivity index (χ4v) is 5.10. The van der Waals surface area contributed by atoms with Crippen molar-refractivity contribution in [1.29, 1.82) is 0 Å². The Morgan fingerprint density at radius 1 is 1.23 bits per heavy atom. The summed E-state index contributed by atoms with van der Waals surface area (Å²) in [6, 6.07) is 13.5. The maximum absolute atomic E-state index is 13.4. The van der Waals surface area contributed by atoms with Crippen LogP contribution in [0.1, 0.15) is 23.7 Å². The van der Waals surface area contributed by atoms with Gasteiger partial charge in [-0.2, -0.15) is 0 Å². The lowest BCUT2D eigenvalue weighted by molar-refractivity contribution is 0.0986. The lowest BCUT2D eigenvalue weighted by Crippen LogP contribution is -2.32. The fourth-order valence-electron chi connectivity index (χ4n) is 3.15. The van der Waals surface area contributed by atoms with Gasteiger partial charge in [0.2, 0.25) is 0 Å². The first-order chi connectivity index (χ1) is 14.7. The number of para-hydroxylation sites is 1. The number of anilines is 1. The number of aromatic nitrogens is 3. The number of rotatable bonds is 8. The lowest BCUT2D eigenvalue weighted by Gasteiger charge is -2.20. The van der Waals surface area contributed by atoms with Gasteiger partial charge in [-0.3, -0.25) is 9.69 Å². The number of benzene rings is 2. The summed E-state index contributed by atoms with van der Waals surface area (Å²) in [7, 11) is 0. The summed E-state index contributed by atoms with van der Waals surface area (Å²) >= 11 is 9.57. The number of fused-ring (bicyclic) bond motifs is 1. The van der Waals surface area contributed by atoms with Crippen LogP contribution in [0.3, 0.4) is 0 Å². The molecule has 154 valence electrons. The van der Waals surface area contributed by atoms with Crippen LogP contribution in [-0.2, 0) is 6.54 Å². The van der Waals surface area contributed by atoms with E-state index in [4.69, 9.17) is 16.6 Å². The molecule has 8 heteroatoms. The molecule has 0 spiro atoms. The van der Waals surface area contributed by atoms with E-state index in [1.165, 1.54) is 11.3 Å². The van der Waals surface area contributed by atoms with Gasteiger partial charge in [-0.1, -0.05) is 35.9 Å². The molecule has 0 fully saturated rings. The van der Waals surface area contributed by atoms with Crippen molar-refractivity contribution in [2.24, 2.45) is 0 Å². The van der Waals surface area contributed by atoms with E-state index in [2.05, 4.69) is 11.9 Å². The molecule has 4 rings (SSSR count). The number of imidazole rings is 1. The summed E-state index contributed by atoms with van der Waals surface area (Å²) in [6.45, 7) is 3.45. The van der Waals surface area contributed by atoms with Crippen LogP contribution in [0.2, 0.25) is 5.02 Å². The molecule has 0 bridgehead atoms. The van der Waals surface area contributed by atoms with E-state index in [-0.39, 0.29) is 5.91 Å². The zero-order chi connectivity index (χ0) is 20.9. The number of halogens is 1. The van der Waals surface area contributed by atoms with E-state index in [0.717, 1.165) is 33.8 Å². The van der Waals surface area contributed by atoms with Crippen LogP contribution < -0.4 is 4.90 Å². The number of hydrogen-bond donors (Lipinski definition) is 0. The molecule has 0 N–H and O–H groups in total. The number of carbonyl (C=O) groups excluding carboxylic acids is 1. The predicted molar refractivity (Wildman–Crippen MR) is 126 cm³/mol. The third-order valence-electron chi connectivity index (χ3n) is 4.60. The molecule has 0 radical (unpaired) electrons. The summed E-state index contributed by atoms with van der Waals surface area (Å²) in [4.78, 5) is 25.1. The second-order valence-electron chi connectivity index (χ2n) is 6.65. The number of thioether (sulfide) groups is 1. The standard InChI is InChI=1S/C22H21ClN4OS2/c1-2-29-17-9-7-16(8-10-17)21(28)27(13-4-12-26-14-11-24-15-26)22-25-20-18(23)5-3-6-19(20)30-22/h3,5-11,14-15H,2,4,12-13H2,1H3. The van der Waals surface area contributed by atoms with Crippen LogP contribution in [0, 0.1) is 0 Å². The molecule has 0 atom stereocenters. The van der Waals surface area contributed by atoms with Gasteiger partial charge >= 0.3 is 0 Å². The first-order valence-electron chi connectivity index (χ1n) is 9.71. The van der Waals surface area contributed by atoms with Crippen molar-refractivity contribution in [3.05, 3.63) is 71.8 Å². The van der Waals surface area contributed by atoms with Crippen molar-refractivity contribution in [2.75, 3.05) is 17.2 Å². The lowest BCUT2D eigenvalue weighted by atomic mass is 10.2. The number of nitrogens with zero attached hydrogens (tertiary/aromatic N) is 4. The molecule has 0 unspecified atom stereocenters. The Hall–Kier alpha value is -2.35. The fraction of sp³-hybridized carbons (Fsp3) is 0.227. The monoisotopic (exact) mass is 456 g/mol. The molecular weight excluding hydrogens is 436 g/mol. The molecule has 5 nitrogen and oxygen atoms in total. The van der Waals surface area contributed by atoms with Crippen LogP contribution in [0.25, 0.3) is 10.2 Å². The Bertz CT molecular complexity index is 1130. The second-order valence-corrected chi connectivity index (χ2v) is 9.40. The van der Waals surface area contributed by atoms with Gasteiger partial charge in [0, 0.05) is 35.9 Å². The molecule has 30 heavy (non-hydrogen) atoms. The quantitative estimate of drug-likeness (QED) is 0.305. The van der Waals surface area contributed by atoms with Crippen LogP contribution in [0.4, 0.5) is 5.13 Å². The first-order valence-corrected chi connectivity index (χ1v) is 11.9. The highest BCUT2D eigenvalue weighted by Crippen LogP contribution is 2.33. The van der Waals surface area contributed by atoms with E-state index in [1.807, 2.05) is 53.2 Å². The number of carbonyl (C=O) groups is 1. The summed E-state index contributed by atoms with van der Waals surface area (Å²) in [5, 5.41) is 1.27. The van der Waals surface area contributed by atoms with Gasteiger partial charge in [0.25, 0.3) is 5.91 Å². The predicted octanol–water partition coefficient (Wildman–Crippen LogP) is 6.00. The average Bonchev–Trinajstić information content (AvgIpc) is 3.42. The highest BCUT2D eigenvalue weighted by molar-refractivity contribution is 7.99. The van der Waals surface area contributed by atoms with Gasteiger partial charge < -0.3 is 4.57 Å². The Kier molecular flexibility index (Phi) is 6.72. The summed E-state index contributed by atoms with van der Waals surface area (Å²) in [5.74, 6) is 0.948. The van der Waals surface area contributed by atoms with Gasteiger partial charge in [-0.15, -0.1) is 11.8 Å². The third-order valence-corrected chi connectivity index (χ3v) is 6.85. The number of amides is 1. The minimum atomic E-state index is -0.0520.